The van der Waals surface area contributed by atoms with Crippen molar-refractivity contribution in [2.45, 2.75) is 26.7 Å². The van der Waals surface area contributed by atoms with Crippen LogP contribution in [0, 0.1) is 5.92 Å². The van der Waals surface area contributed by atoms with E-state index < -0.39 is 0 Å². The summed E-state index contributed by atoms with van der Waals surface area (Å²) in [5, 5.41) is 0. The smallest absolute Gasteiger partial charge is 0.233 e. The molecule has 0 unspecified atom stereocenters. The molecule has 0 spiro atoms. The molecular weight excluding hydrogens is 294 g/mol. The van der Waals surface area contributed by atoms with E-state index in [1.807, 2.05) is 13.8 Å². The van der Waals surface area contributed by atoms with Gasteiger partial charge >= 0.3 is 0 Å². The Hall–Kier alpha value is -0.820. The topological polar surface area (TPSA) is 66.6 Å². The third-order valence-corrected chi connectivity index (χ3v) is 5.03. The molecule has 114 valence electrons. The van der Waals surface area contributed by atoms with Gasteiger partial charge in [0.15, 0.2) is 0 Å². The second-order valence-electron chi connectivity index (χ2n) is 4.81. The number of hydrogen-bond acceptors (Lipinski definition) is 4. The van der Waals surface area contributed by atoms with Crippen LogP contribution in [0.15, 0.2) is 0 Å². The summed E-state index contributed by atoms with van der Waals surface area (Å²) in [6, 6.07) is 0. The zero-order valence-corrected chi connectivity index (χ0v) is 13.8. The van der Waals surface area contributed by atoms with E-state index in [4.69, 9.17) is 18.0 Å². The van der Waals surface area contributed by atoms with E-state index in [0.717, 1.165) is 30.3 Å². The molecule has 0 aromatic rings. The molecule has 7 heteroatoms. The molecular formula is C13H23N3O2S2. The molecule has 1 aliphatic rings. The number of piperidine rings is 1. The number of likely N-dealkylation sites (tertiary alicyclic amines) is 1. The Bertz CT molecular complexity index is 373. The highest BCUT2D eigenvalue weighted by atomic mass is 32.2. The van der Waals surface area contributed by atoms with Gasteiger partial charge in [-0.05, 0) is 26.7 Å². The summed E-state index contributed by atoms with van der Waals surface area (Å²) in [5.74, 6) is -0.141. The van der Waals surface area contributed by atoms with E-state index in [2.05, 4.69) is 4.90 Å². The maximum atomic E-state index is 12.1. The van der Waals surface area contributed by atoms with Gasteiger partial charge in [-0.2, -0.15) is 0 Å². The minimum absolute atomic E-state index is 0.0375. The average Bonchev–Trinajstić information content (AvgIpc) is 2.46. The number of carbonyl (C=O) groups is 2. The number of hydrogen-bond donors (Lipinski definition) is 1. The number of carbonyl (C=O) groups excluding carboxylic acids is 2. The first kappa shape index (κ1) is 17.2. The molecule has 0 saturated carbocycles. The lowest BCUT2D eigenvalue weighted by atomic mass is 9.97. The molecule has 0 aromatic heterocycles. The fourth-order valence-corrected chi connectivity index (χ4v) is 3.53. The van der Waals surface area contributed by atoms with Crippen molar-refractivity contribution in [1.82, 2.24) is 9.80 Å². The molecule has 0 aliphatic carbocycles. The van der Waals surface area contributed by atoms with Crippen molar-refractivity contribution < 1.29 is 9.59 Å². The van der Waals surface area contributed by atoms with Crippen LogP contribution in [0.25, 0.3) is 0 Å². The number of amides is 2. The van der Waals surface area contributed by atoms with Gasteiger partial charge < -0.3 is 15.5 Å². The minimum Gasteiger partial charge on any atom is -0.369 e. The molecule has 0 bridgehead atoms. The standard InChI is InChI=1S/C13H23N3O2S2/c1-3-15(4-2)13(19)20-9-11(17)16-7-5-6-10(8-16)12(14)18/h10H,3-9H2,1-2H3,(H2,14,18)/t10-/m1/s1. The molecule has 1 heterocycles. The van der Waals surface area contributed by atoms with Crippen LogP contribution in [0.3, 0.4) is 0 Å². The summed E-state index contributed by atoms with van der Waals surface area (Å²) in [6.45, 7) is 6.95. The number of thiocarbonyl (C=S) groups is 1. The van der Waals surface area contributed by atoms with E-state index in [9.17, 15) is 9.59 Å². The first-order chi connectivity index (χ1) is 9.49. The first-order valence-corrected chi connectivity index (χ1v) is 8.37. The predicted octanol–water partition coefficient (Wildman–Crippen LogP) is 1.07. The second kappa shape index (κ2) is 8.46. The van der Waals surface area contributed by atoms with Crippen molar-refractivity contribution in [3.63, 3.8) is 0 Å². The molecule has 0 radical (unpaired) electrons. The quantitative estimate of drug-likeness (QED) is 0.768. The van der Waals surface area contributed by atoms with Crippen molar-refractivity contribution in [3.8, 4) is 0 Å². The third kappa shape index (κ3) is 4.94. The zero-order valence-electron chi connectivity index (χ0n) is 12.1. The highest BCUT2D eigenvalue weighted by Gasteiger charge is 2.27. The lowest BCUT2D eigenvalue weighted by molar-refractivity contribution is -0.132. The molecule has 2 N–H and O–H groups in total. The molecule has 1 fully saturated rings. The minimum atomic E-state index is -0.311. The fourth-order valence-electron chi connectivity index (χ4n) is 2.22. The molecule has 1 rings (SSSR count). The van der Waals surface area contributed by atoms with Crippen molar-refractivity contribution >= 4 is 40.1 Å². The van der Waals surface area contributed by atoms with E-state index in [-0.39, 0.29) is 17.7 Å². The molecule has 5 nitrogen and oxygen atoms in total. The van der Waals surface area contributed by atoms with E-state index in [1.165, 1.54) is 11.8 Å². The van der Waals surface area contributed by atoms with Gasteiger partial charge in [0.1, 0.15) is 4.32 Å². The van der Waals surface area contributed by atoms with Crippen LogP contribution >= 0.6 is 24.0 Å². The second-order valence-corrected chi connectivity index (χ2v) is 6.42. The summed E-state index contributed by atoms with van der Waals surface area (Å²) < 4.78 is 0.756. The van der Waals surface area contributed by atoms with Gasteiger partial charge in [-0.1, -0.05) is 24.0 Å². The van der Waals surface area contributed by atoms with Crippen LogP contribution in [0.5, 0.6) is 0 Å². The van der Waals surface area contributed by atoms with Crippen LogP contribution in [-0.2, 0) is 9.59 Å². The van der Waals surface area contributed by atoms with Crippen molar-refractivity contribution in [1.29, 1.82) is 0 Å². The lowest BCUT2D eigenvalue weighted by Gasteiger charge is -2.31. The summed E-state index contributed by atoms with van der Waals surface area (Å²) in [7, 11) is 0. The number of nitrogens with two attached hydrogens (primary N) is 1. The van der Waals surface area contributed by atoms with Crippen molar-refractivity contribution in [2.24, 2.45) is 11.7 Å². The van der Waals surface area contributed by atoms with E-state index >= 15 is 0 Å². The van der Waals surface area contributed by atoms with Gasteiger partial charge in [-0.3, -0.25) is 9.59 Å². The third-order valence-electron chi connectivity index (χ3n) is 3.52. The van der Waals surface area contributed by atoms with Crippen LogP contribution in [-0.4, -0.2) is 57.9 Å². The van der Waals surface area contributed by atoms with Gasteiger partial charge in [0.25, 0.3) is 0 Å². The van der Waals surface area contributed by atoms with Gasteiger partial charge in [0.05, 0.1) is 11.7 Å². The van der Waals surface area contributed by atoms with E-state index in [1.54, 1.807) is 4.90 Å². The van der Waals surface area contributed by atoms with Crippen LogP contribution in [0.1, 0.15) is 26.7 Å². The van der Waals surface area contributed by atoms with Crippen molar-refractivity contribution in [2.75, 3.05) is 31.9 Å². The Balaban J connectivity index is 2.42. The van der Waals surface area contributed by atoms with Gasteiger partial charge in [0.2, 0.25) is 11.8 Å². The average molecular weight is 317 g/mol. The summed E-state index contributed by atoms with van der Waals surface area (Å²) in [4.78, 5) is 27.1. The molecule has 2 amide bonds. The number of rotatable bonds is 5. The Morgan fingerprint density at radius 1 is 1.40 bits per heavy atom. The highest BCUT2D eigenvalue weighted by molar-refractivity contribution is 8.23. The first-order valence-electron chi connectivity index (χ1n) is 6.98. The van der Waals surface area contributed by atoms with E-state index in [0.29, 0.717) is 18.8 Å². The summed E-state index contributed by atoms with van der Waals surface area (Å²) in [6.07, 6.45) is 1.62. The van der Waals surface area contributed by atoms with Gasteiger partial charge in [0, 0.05) is 26.2 Å². The highest BCUT2D eigenvalue weighted by Crippen LogP contribution is 2.18. The normalized spacial score (nSPS) is 18.7. The Morgan fingerprint density at radius 3 is 2.60 bits per heavy atom. The fraction of sp³-hybridized carbons (Fsp3) is 0.769. The summed E-state index contributed by atoms with van der Waals surface area (Å²) in [5.41, 5.74) is 5.32. The Kier molecular flexibility index (Phi) is 7.29. The molecule has 1 aliphatic heterocycles. The maximum Gasteiger partial charge on any atom is 0.233 e. The zero-order chi connectivity index (χ0) is 15.1. The largest absolute Gasteiger partial charge is 0.369 e. The van der Waals surface area contributed by atoms with Crippen LogP contribution in [0.4, 0.5) is 0 Å². The molecule has 1 saturated heterocycles. The number of thioether (sulfide) groups is 1. The number of primary amides is 1. The Morgan fingerprint density at radius 2 is 2.05 bits per heavy atom. The monoisotopic (exact) mass is 317 g/mol. The predicted molar refractivity (Wildman–Crippen MR) is 86.5 cm³/mol. The Labute approximate surface area is 130 Å². The van der Waals surface area contributed by atoms with Gasteiger partial charge in [-0.15, -0.1) is 0 Å². The molecule has 0 aromatic carbocycles. The summed E-state index contributed by atoms with van der Waals surface area (Å²) >= 11 is 6.70. The van der Waals surface area contributed by atoms with Gasteiger partial charge in [-0.25, -0.2) is 0 Å². The van der Waals surface area contributed by atoms with Crippen molar-refractivity contribution in [3.05, 3.63) is 0 Å². The van der Waals surface area contributed by atoms with Crippen LogP contribution in [0.2, 0.25) is 0 Å². The SMILES string of the molecule is CCN(CC)C(=S)SCC(=O)N1CCC[C@@H](C(N)=O)C1. The molecule has 20 heavy (non-hydrogen) atoms. The molecule has 1 atom stereocenters. The van der Waals surface area contributed by atoms with Crippen LogP contribution < -0.4 is 5.73 Å². The number of nitrogens with zero attached hydrogens (tertiary/aromatic N) is 2. The maximum absolute atomic E-state index is 12.1. The lowest BCUT2D eigenvalue weighted by Crippen LogP contribution is -2.45.